The molecule has 2 nitrogen and oxygen atoms in total. The van der Waals surface area contributed by atoms with E-state index in [2.05, 4.69) is 0 Å². The van der Waals surface area contributed by atoms with Gasteiger partial charge in [0, 0.05) is 0 Å². The summed E-state index contributed by atoms with van der Waals surface area (Å²) in [5.41, 5.74) is 0. The van der Waals surface area contributed by atoms with Crippen molar-refractivity contribution >= 4 is 5.97 Å². The molecule has 1 unspecified atom stereocenters. The summed E-state index contributed by atoms with van der Waals surface area (Å²) in [6.45, 7) is 1.21. The summed E-state index contributed by atoms with van der Waals surface area (Å²) in [5.74, 6) is -49.2. The van der Waals surface area contributed by atoms with Crippen molar-refractivity contribution in [2.75, 3.05) is 0 Å². The predicted molar refractivity (Wildman–Crippen MR) is 61.7 cm³/mol. The van der Waals surface area contributed by atoms with Gasteiger partial charge in [-0.25, -0.2) is 9.18 Å². The van der Waals surface area contributed by atoms with Gasteiger partial charge < -0.3 is 5.11 Å². The van der Waals surface area contributed by atoms with Gasteiger partial charge >= 0.3 is 41.5 Å². The molecule has 0 aliphatic rings. The van der Waals surface area contributed by atoms with Crippen molar-refractivity contribution in [2.45, 2.75) is 67.9 Å². The lowest BCUT2D eigenvalue weighted by Gasteiger charge is -2.41. The highest BCUT2D eigenvalue weighted by atomic mass is 19.4. The molecule has 0 aromatic carbocycles. The first-order chi connectivity index (χ1) is 11.7. The molecule has 0 saturated heterocycles. The average Bonchev–Trinajstić information content (AvgIpc) is 2.50. The van der Waals surface area contributed by atoms with Crippen LogP contribution >= 0.6 is 0 Å². The van der Waals surface area contributed by atoms with Crippen LogP contribution in [0.4, 0.5) is 57.1 Å². The summed E-state index contributed by atoms with van der Waals surface area (Å²) in [5, 5.41) is 7.75. The lowest BCUT2D eigenvalue weighted by atomic mass is 9.89. The Morgan fingerprint density at radius 1 is 0.778 bits per heavy atom. The second kappa shape index (κ2) is 7.18. The van der Waals surface area contributed by atoms with Crippen LogP contribution in [0.5, 0.6) is 0 Å². The number of hydrogen-bond acceptors (Lipinski definition) is 1. The van der Waals surface area contributed by atoms with Gasteiger partial charge in [0.2, 0.25) is 0 Å². The maximum atomic E-state index is 13.3. The van der Waals surface area contributed by atoms with E-state index in [1.165, 1.54) is 6.92 Å². The zero-order chi connectivity index (χ0) is 22.3. The van der Waals surface area contributed by atoms with Gasteiger partial charge in [0.15, 0.2) is 6.17 Å². The van der Waals surface area contributed by atoms with Gasteiger partial charge in [-0.3, -0.25) is 0 Å². The first kappa shape index (κ1) is 25.6. The van der Waals surface area contributed by atoms with E-state index in [0.29, 0.717) is 0 Å². The Kier molecular flexibility index (Phi) is 6.80. The molecule has 0 aliphatic heterocycles. The lowest BCUT2D eigenvalue weighted by Crippen LogP contribution is -2.72. The number of unbranched alkanes of at least 4 members (excludes halogenated alkanes) is 1. The predicted octanol–water partition coefficient (Wildman–Crippen LogP) is 5.41. The molecule has 0 amide bonds. The topological polar surface area (TPSA) is 37.3 Å². The number of carbonyl (C=O) groups is 1. The largest absolute Gasteiger partial charge is 0.477 e. The summed E-state index contributed by atoms with van der Waals surface area (Å²) in [6, 6.07) is 0. The van der Waals surface area contributed by atoms with E-state index in [1.54, 1.807) is 0 Å². The van der Waals surface area contributed by atoms with Gasteiger partial charge in [0.1, 0.15) is 0 Å². The van der Waals surface area contributed by atoms with Crippen LogP contribution in [0.15, 0.2) is 0 Å². The van der Waals surface area contributed by atoms with E-state index >= 15 is 0 Å². The minimum Gasteiger partial charge on any atom is -0.477 e. The molecule has 0 heterocycles. The normalized spacial score (nSPS) is 16.4. The van der Waals surface area contributed by atoms with Crippen molar-refractivity contribution in [1.29, 1.82) is 0 Å². The van der Waals surface area contributed by atoms with Gasteiger partial charge in [-0.2, -0.15) is 52.7 Å². The smallest absolute Gasteiger partial charge is 0.410 e. The van der Waals surface area contributed by atoms with E-state index in [0.717, 1.165) is 0 Å². The molecule has 0 fully saturated rings. The van der Waals surface area contributed by atoms with E-state index in [9.17, 15) is 61.9 Å². The molecule has 0 bridgehead atoms. The average molecular weight is 434 g/mol. The van der Waals surface area contributed by atoms with Crippen LogP contribution in [-0.4, -0.2) is 52.8 Å². The Bertz CT molecular complexity index is 543. The molecule has 0 saturated carbocycles. The van der Waals surface area contributed by atoms with Gasteiger partial charge in [0.05, 0.1) is 0 Å². The highest BCUT2D eigenvalue weighted by molar-refractivity contribution is 5.77. The number of carboxylic acids is 1. The van der Waals surface area contributed by atoms with Crippen molar-refractivity contribution in [3.8, 4) is 0 Å². The molecule has 27 heavy (non-hydrogen) atoms. The molecule has 0 rings (SSSR count). The first-order valence-electron chi connectivity index (χ1n) is 6.82. The summed E-state index contributed by atoms with van der Waals surface area (Å²) in [7, 11) is 0. The highest BCUT2D eigenvalue weighted by Crippen LogP contribution is 2.60. The Hall–Kier alpha value is -1.44. The first-order valence-corrected chi connectivity index (χ1v) is 6.82. The maximum absolute atomic E-state index is 13.3. The number of alkyl halides is 13. The molecule has 0 aliphatic carbocycles. The van der Waals surface area contributed by atoms with Gasteiger partial charge in [-0.1, -0.05) is 19.8 Å². The van der Waals surface area contributed by atoms with E-state index < -0.39 is 60.5 Å². The fourth-order valence-corrected chi connectivity index (χ4v) is 1.70. The standard InChI is InChI=1S/C12H11F13O2/c1-2-3-4-5(13)7(14,15)9(18,19)11(22,23)12(24,25)10(20,21)8(16,17)6(26)27/h5H,2-4H2,1H3,(H,26,27). The molecule has 0 aromatic heterocycles. The Morgan fingerprint density at radius 2 is 1.15 bits per heavy atom. The van der Waals surface area contributed by atoms with Crippen LogP contribution in [0.25, 0.3) is 0 Å². The van der Waals surface area contributed by atoms with Gasteiger partial charge in [-0.05, 0) is 6.42 Å². The molecule has 15 heteroatoms. The number of rotatable bonds is 10. The monoisotopic (exact) mass is 434 g/mol. The zero-order valence-electron chi connectivity index (χ0n) is 13.0. The van der Waals surface area contributed by atoms with Crippen LogP contribution in [0.1, 0.15) is 26.2 Å². The number of halogens is 13. The third-order valence-corrected chi connectivity index (χ3v) is 3.47. The number of aliphatic carboxylic acids is 1. The maximum Gasteiger partial charge on any atom is 0.410 e. The van der Waals surface area contributed by atoms with Crippen LogP contribution in [0, 0.1) is 0 Å². The van der Waals surface area contributed by atoms with Crippen LogP contribution in [0.2, 0.25) is 0 Å². The second-order valence-corrected chi connectivity index (χ2v) is 5.41. The van der Waals surface area contributed by atoms with Crippen molar-refractivity contribution in [3.05, 3.63) is 0 Å². The Morgan fingerprint density at radius 3 is 1.48 bits per heavy atom. The molecular weight excluding hydrogens is 423 g/mol. The molecule has 0 spiro atoms. The third kappa shape index (κ3) is 3.52. The summed E-state index contributed by atoms with van der Waals surface area (Å²) >= 11 is 0. The fraction of sp³-hybridized carbons (Fsp3) is 0.917. The Labute approximate surface area is 142 Å². The van der Waals surface area contributed by atoms with E-state index in [1.807, 2.05) is 0 Å². The van der Waals surface area contributed by atoms with E-state index in [-0.39, 0.29) is 6.42 Å². The van der Waals surface area contributed by atoms with Crippen LogP contribution < -0.4 is 0 Å². The SMILES string of the molecule is CCCCC(F)C(F)(F)C(F)(F)C(F)(F)C(F)(F)C(F)(F)C(F)(F)C(=O)O. The zero-order valence-corrected chi connectivity index (χ0v) is 13.0. The summed E-state index contributed by atoms with van der Waals surface area (Å²) in [6.07, 6.45) is -6.55. The van der Waals surface area contributed by atoms with Crippen molar-refractivity contribution in [3.63, 3.8) is 0 Å². The van der Waals surface area contributed by atoms with Crippen LogP contribution in [0.3, 0.4) is 0 Å². The molecule has 1 N–H and O–H groups in total. The second-order valence-electron chi connectivity index (χ2n) is 5.41. The molecule has 1 atom stereocenters. The van der Waals surface area contributed by atoms with Crippen LogP contribution in [-0.2, 0) is 4.79 Å². The minimum atomic E-state index is -8.01. The third-order valence-electron chi connectivity index (χ3n) is 3.47. The molecule has 162 valence electrons. The minimum absolute atomic E-state index is 0.141. The summed E-state index contributed by atoms with van der Waals surface area (Å²) < 4.78 is 171. The summed E-state index contributed by atoms with van der Waals surface area (Å²) in [4.78, 5) is 9.91. The number of hydrogen-bond donors (Lipinski definition) is 1. The molecule has 0 radical (unpaired) electrons. The van der Waals surface area contributed by atoms with Gasteiger partial charge in [0.25, 0.3) is 0 Å². The fourth-order valence-electron chi connectivity index (χ4n) is 1.70. The molecular formula is C12H11F13O2. The molecule has 0 aromatic rings. The highest BCUT2D eigenvalue weighted by Gasteiger charge is 2.91. The van der Waals surface area contributed by atoms with Crippen molar-refractivity contribution in [1.82, 2.24) is 0 Å². The quantitative estimate of drug-likeness (QED) is 0.467. The van der Waals surface area contributed by atoms with Gasteiger partial charge in [-0.15, -0.1) is 0 Å². The van der Waals surface area contributed by atoms with E-state index in [4.69, 9.17) is 5.11 Å². The van der Waals surface area contributed by atoms with Crippen molar-refractivity contribution < 1.29 is 67.0 Å². The lowest BCUT2D eigenvalue weighted by molar-refractivity contribution is -0.425. The number of carboxylic acid groups (broad SMARTS) is 1. The van der Waals surface area contributed by atoms with Crippen molar-refractivity contribution in [2.24, 2.45) is 0 Å². The Balaban J connectivity index is 6.31.